The molecule has 0 bridgehead atoms. The number of hydrogen-bond donors (Lipinski definition) is 3. The quantitative estimate of drug-likeness (QED) is 0.527. The lowest BCUT2D eigenvalue weighted by Gasteiger charge is -2.29. The van der Waals surface area contributed by atoms with E-state index in [0.717, 1.165) is 12.1 Å². The summed E-state index contributed by atoms with van der Waals surface area (Å²) in [6.07, 6.45) is -4.56. The normalized spacial score (nSPS) is 17.9. The van der Waals surface area contributed by atoms with Crippen LogP contribution in [0.5, 0.6) is 5.75 Å². The van der Waals surface area contributed by atoms with E-state index >= 15 is 0 Å². The number of anilines is 1. The molecule has 1 atom stereocenters. The Labute approximate surface area is 199 Å². The van der Waals surface area contributed by atoms with Gasteiger partial charge in [-0.25, -0.2) is 4.79 Å². The number of imide groups is 1. The molecule has 1 fully saturated rings. The van der Waals surface area contributed by atoms with Gasteiger partial charge in [0.25, 0.3) is 5.91 Å². The van der Waals surface area contributed by atoms with Gasteiger partial charge in [0.1, 0.15) is 11.8 Å². The molecule has 2 aliphatic heterocycles. The molecule has 1 aromatic carbocycles. The maximum absolute atomic E-state index is 12.7. The highest BCUT2D eigenvalue weighted by molar-refractivity contribution is 7.10. The third-order valence-corrected chi connectivity index (χ3v) is 6.55. The Bertz CT molecular complexity index is 1190. The lowest BCUT2D eigenvalue weighted by molar-refractivity contribution is -0.274. The highest BCUT2D eigenvalue weighted by atomic mass is 35.5. The van der Waals surface area contributed by atoms with E-state index in [4.69, 9.17) is 11.6 Å². The van der Waals surface area contributed by atoms with Crippen LogP contribution in [0.15, 0.2) is 23.6 Å². The van der Waals surface area contributed by atoms with Gasteiger partial charge in [-0.05, 0) is 24.1 Å². The summed E-state index contributed by atoms with van der Waals surface area (Å²) in [4.78, 5) is 50.6. The molecule has 14 heteroatoms. The Morgan fingerprint density at radius 2 is 2.06 bits per heavy atom. The predicted octanol–water partition coefficient (Wildman–Crippen LogP) is 3.38. The van der Waals surface area contributed by atoms with Crippen LogP contribution in [0.2, 0.25) is 5.02 Å². The zero-order chi connectivity index (χ0) is 24.6. The fourth-order valence-corrected chi connectivity index (χ4v) is 4.80. The highest BCUT2D eigenvalue weighted by Gasteiger charge is 2.40. The monoisotopic (exact) mass is 516 g/mol. The standard InChI is InChI=1S/C20H16ClF3N4O5S/c21-12-2-1-9(5-14(12)33-20(22,23)24)26-19(32)25-6-15-10-7-28(18(31)11(10)8-34-15)13-3-4-16(29)27-17(13)30/h1-2,5,8,13H,3-4,6-7H2,(H2,25,26,32)(H,27,29,30). The van der Waals surface area contributed by atoms with Gasteiger partial charge in [0.05, 0.1) is 17.1 Å². The molecule has 34 heavy (non-hydrogen) atoms. The van der Waals surface area contributed by atoms with E-state index in [0.29, 0.717) is 16.0 Å². The summed E-state index contributed by atoms with van der Waals surface area (Å²) >= 11 is 6.95. The van der Waals surface area contributed by atoms with Crippen LogP contribution < -0.4 is 20.7 Å². The number of urea groups is 1. The third kappa shape index (κ3) is 5.09. The third-order valence-electron chi connectivity index (χ3n) is 5.21. The summed E-state index contributed by atoms with van der Waals surface area (Å²) in [6, 6.07) is 1.96. The van der Waals surface area contributed by atoms with E-state index in [1.807, 2.05) is 0 Å². The number of alkyl halides is 3. The van der Waals surface area contributed by atoms with Crippen molar-refractivity contribution >= 4 is 52.4 Å². The van der Waals surface area contributed by atoms with Gasteiger partial charge in [-0.1, -0.05) is 11.6 Å². The maximum Gasteiger partial charge on any atom is 0.573 e. The molecule has 0 aliphatic carbocycles. The lowest BCUT2D eigenvalue weighted by Crippen LogP contribution is -2.52. The predicted molar refractivity (Wildman–Crippen MR) is 114 cm³/mol. The summed E-state index contributed by atoms with van der Waals surface area (Å²) < 4.78 is 41.2. The Kier molecular flexibility index (Phi) is 6.41. The number of carbonyl (C=O) groups excluding carboxylic acids is 4. The number of rotatable bonds is 5. The topological polar surface area (TPSA) is 117 Å². The van der Waals surface area contributed by atoms with E-state index in [9.17, 15) is 32.3 Å². The number of halogens is 4. The SMILES string of the molecule is O=C1CCC(N2Cc3c(csc3CNC(=O)Nc3ccc(Cl)c(OC(F)(F)F)c3)C2=O)C(=O)N1. The van der Waals surface area contributed by atoms with E-state index in [2.05, 4.69) is 20.7 Å². The molecule has 5 amide bonds. The molecule has 1 aromatic heterocycles. The van der Waals surface area contributed by atoms with Gasteiger partial charge >= 0.3 is 12.4 Å². The first kappa shape index (κ1) is 23.8. The summed E-state index contributed by atoms with van der Waals surface area (Å²) in [5, 5.41) is 8.56. The average molecular weight is 517 g/mol. The van der Waals surface area contributed by atoms with Crippen molar-refractivity contribution in [3.05, 3.63) is 44.6 Å². The molecule has 1 saturated heterocycles. The van der Waals surface area contributed by atoms with Crippen LogP contribution in [0.3, 0.4) is 0 Å². The van der Waals surface area contributed by atoms with Crippen molar-refractivity contribution < 1.29 is 37.1 Å². The number of fused-ring (bicyclic) bond motifs is 1. The average Bonchev–Trinajstić information content (AvgIpc) is 3.28. The van der Waals surface area contributed by atoms with Crippen LogP contribution in [-0.4, -0.2) is 41.1 Å². The number of hydrogen-bond acceptors (Lipinski definition) is 6. The number of ether oxygens (including phenoxy) is 1. The zero-order valence-electron chi connectivity index (χ0n) is 17.1. The molecule has 3 heterocycles. The Morgan fingerprint density at radius 1 is 1.29 bits per heavy atom. The molecule has 0 radical (unpaired) electrons. The molecular weight excluding hydrogens is 501 g/mol. The van der Waals surface area contributed by atoms with Crippen LogP contribution in [0.25, 0.3) is 0 Å². The van der Waals surface area contributed by atoms with Gasteiger partial charge in [0.2, 0.25) is 11.8 Å². The number of benzene rings is 1. The fraction of sp³-hybridized carbons (Fsp3) is 0.300. The first-order valence-corrected chi connectivity index (χ1v) is 11.1. The van der Waals surface area contributed by atoms with E-state index in [1.54, 1.807) is 5.38 Å². The summed E-state index contributed by atoms with van der Waals surface area (Å²) in [5.74, 6) is -1.88. The number of carbonyl (C=O) groups is 4. The molecule has 180 valence electrons. The van der Waals surface area contributed by atoms with Crippen molar-refractivity contribution in [1.82, 2.24) is 15.5 Å². The van der Waals surface area contributed by atoms with Gasteiger partial charge in [-0.15, -0.1) is 24.5 Å². The number of amides is 5. The largest absolute Gasteiger partial charge is 0.573 e. The molecular formula is C20H16ClF3N4O5S. The van der Waals surface area contributed by atoms with Gasteiger partial charge < -0.3 is 20.3 Å². The number of nitrogens with zero attached hydrogens (tertiary/aromatic N) is 1. The van der Waals surface area contributed by atoms with Crippen molar-refractivity contribution in [3.8, 4) is 5.75 Å². The minimum absolute atomic E-state index is 0.0248. The van der Waals surface area contributed by atoms with Crippen molar-refractivity contribution in [2.45, 2.75) is 38.3 Å². The zero-order valence-corrected chi connectivity index (χ0v) is 18.7. The molecule has 9 nitrogen and oxygen atoms in total. The fourth-order valence-electron chi connectivity index (χ4n) is 3.67. The molecule has 0 spiro atoms. The lowest BCUT2D eigenvalue weighted by atomic mass is 10.0. The van der Waals surface area contributed by atoms with Gasteiger partial charge in [0.15, 0.2) is 0 Å². The smallest absolute Gasteiger partial charge is 0.404 e. The first-order valence-electron chi connectivity index (χ1n) is 9.86. The van der Waals surface area contributed by atoms with E-state index in [1.165, 1.54) is 22.3 Å². The van der Waals surface area contributed by atoms with Crippen molar-refractivity contribution in [1.29, 1.82) is 0 Å². The Morgan fingerprint density at radius 3 is 2.76 bits per heavy atom. The molecule has 4 rings (SSSR count). The molecule has 3 N–H and O–H groups in total. The molecule has 1 unspecified atom stereocenters. The van der Waals surface area contributed by atoms with Crippen molar-refractivity contribution in [3.63, 3.8) is 0 Å². The van der Waals surface area contributed by atoms with Crippen LogP contribution in [0, 0.1) is 0 Å². The number of nitrogens with one attached hydrogen (secondary N) is 3. The summed E-state index contributed by atoms with van der Waals surface area (Å²) in [5.41, 5.74) is 1.13. The second-order valence-electron chi connectivity index (χ2n) is 7.45. The second-order valence-corrected chi connectivity index (χ2v) is 8.82. The Hall–Kier alpha value is -3.32. The molecule has 0 saturated carbocycles. The molecule has 2 aromatic rings. The van der Waals surface area contributed by atoms with Crippen LogP contribution >= 0.6 is 22.9 Å². The van der Waals surface area contributed by atoms with Crippen molar-refractivity contribution in [2.75, 3.05) is 5.32 Å². The minimum Gasteiger partial charge on any atom is -0.404 e. The van der Waals surface area contributed by atoms with Crippen LogP contribution in [-0.2, 0) is 22.7 Å². The highest BCUT2D eigenvalue weighted by Crippen LogP contribution is 2.34. The maximum atomic E-state index is 12.7. The number of thiophene rings is 1. The second kappa shape index (κ2) is 9.14. The van der Waals surface area contributed by atoms with Gasteiger partial charge in [-0.3, -0.25) is 19.7 Å². The number of piperidine rings is 1. The minimum atomic E-state index is -4.94. The van der Waals surface area contributed by atoms with E-state index in [-0.39, 0.29) is 48.5 Å². The Balaban J connectivity index is 1.38. The van der Waals surface area contributed by atoms with Gasteiger partial charge in [-0.2, -0.15) is 0 Å². The summed E-state index contributed by atoms with van der Waals surface area (Å²) in [6.45, 7) is 0.208. The van der Waals surface area contributed by atoms with Crippen LogP contribution in [0.1, 0.15) is 33.6 Å². The van der Waals surface area contributed by atoms with Crippen LogP contribution in [0.4, 0.5) is 23.7 Å². The van der Waals surface area contributed by atoms with Gasteiger partial charge in [0, 0.05) is 35.0 Å². The van der Waals surface area contributed by atoms with E-state index < -0.39 is 30.1 Å². The van der Waals surface area contributed by atoms with Crippen molar-refractivity contribution in [2.24, 2.45) is 0 Å². The first-order chi connectivity index (χ1) is 16.0. The molecule has 2 aliphatic rings. The summed E-state index contributed by atoms with van der Waals surface area (Å²) in [7, 11) is 0.